The molecule has 0 aliphatic heterocycles. The van der Waals surface area contributed by atoms with Crippen LogP contribution in [0.4, 0.5) is 11.4 Å². The second kappa shape index (κ2) is 7.33. The molecule has 2 N–H and O–H groups in total. The summed E-state index contributed by atoms with van der Waals surface area (Å²) in [6.45, 7) is 6.57. The average Bonchev–Trinajstić information content (AvgIpc) is 2.38. The summed E-state index contributed by atoms with van der Waals surface area (Å²) in [6, 6.07) is 7.89. The van der Waals surface area contributed by atoms with Gasteiger partial charge in [-0.1, -0.05) is 13.5 Å². The number of nitrogen functional groups attached to an aromatic ring is 1. The first-order valence-electron chi connectivity index (χ1n) is 6.06. The highest BCUT2D eigenvalue weighted by atomic mass is 15.1. The molecule has 96 valence electrons. The summed E-state index contributed by atoms with van der Waals surface area (Å²) in [5.74, 6) is 0. The minimum absolute atomic E-state index is 0.788. The van der Waals surface area contributed by atoms with Gasteiger partial charge in [0.25, 0.3) is 0 Å². The van der Waals surface area contributed by atoms with Crippen LogP contribution in [-0.2, 0) is 0 Å². The van der Waals surface area contributed by atoms with Gasteiger partial charge in [0.1, 0.15) is 0 Å². The van der Waals surface area contributed by atoms with E-state index in [0.717, 1.165) is 24.3 Å². The van der Waals surface area contributed by atoms with Crippen molar-refractivity contribution in [1.29, 1.82) is 0 Å². The van der Waals surface area contributed by atoms with Crippen molar-refractivity contribution in [3.63, 3.8) is 0 Å². The maximum atomic E-state index is 5.68. The Hall–Kier alpha value is -2.03. The van der Waals surface area contributed by atoms with Gasteiger partial charge in [-0.3, -0.25) is 4.99 Å². The minimum atomic E-state index is 0.788. The molecule has 0 saturated heterocycles. The molecule has 1 aromatic carbocycles. The Morgan fingerprint density at radius 3 is 2.61 bits per heavy atom. The Labute approximate surface area is 109 Å². The Bertz CT molecular complexity index is 430. The quantitative estimate of drug-likeness (QED) is 0.615. The lowest BCUT2D eigenvalue weighted by Gasteiger charge is -2.20. The molecule has 0 fully saturated rings. The van der Waals surface area contributed by atoms with Crippen LogP contribution in [0.3, 0.4) is 0 Å². The smallest absolute Gasteiger partial charge is 0.0389 e. The number of benzene rings is 1. The largest absolute Gasteiger partial charge is 0.399 e. The van der Waals surface area contributed by atoms with Crippen LogP contribution in [0.2, 0.25) is 0 Å². The van der Waals surface area contributed by atoms with Crippen LogP contribution >= 0.6 is 0 Å². The van der Waals surface area contributed by atoms with E-state index in [2.05, 4.69) is 30.4 Å². The molecule has 0 amide bonds. The van der Waals surface area contributed by atoms with Crippen molar-refractivity contribution in [2.75, 3.05) is 24.2 Å². The van der Waals surface area contributed by atoms with E-state index in [-0.39, 0.29) is 0 Å². The normalized spacial score (nSPS) is 11.8. The molecule has 0 aliphatic rings. The van der Waals surface area contributed by atoms with Crippen LogP contribution < -0.4 is 10.6 Å². The number of nitrogens with zero attached hydrogens (tertiary/aromatic N) is 2. The molecule has 3 nitrogen and oxygen atoms in total. The number of anilines is 2. The summed E-state index contributed by atoms with van der Waals surface area (Å²) < 4.78 is 0. The Balaban J connectivity index is 2.69. The number of allylic oxidation sites excluding steroid dienone is 1. The highest BCUT2D eigenvalue weighted by Gasteiger charge is 2.02. The molecule has 0 aromatic heterocycles. The zero-order valence-electron chi connectivity index (χ0n) is 11.1. The molecule has 18 heavy (non-hydrogen) atoms. The van der Waals surface area contributed by atoms with Crippen LogP contribution in [0.25, 0.3) is 0 Å². The fourth-order valence-electron chi connectivity index (χ4n) is 1.62. The topological polar surface area (TPSA) is 41.6 Å². The van der Waals surface area contributed by atoms with Gasteiger partial charge in [0.15, 0.2) is 0 Å². The maximum Gasteiger partial charge on any atom is 0.0389 e. The van der Waals surface area contributed by atoms with E-state index in [0.29, 0.717) is 0 Å². The highest BCUT2D eigenvalue weighted by Crippen LogP contribution is 2.16. The van der Waals surface area contributed by atoms with Crippen LogP contribution in [0.5, 0.6) is 0 Å². The van der Waals surface area contributed by atoms with Crippen molar-refractivity contribution in [3.8, 4) is 0 Å². The molecular weight excluding hydrogens is 222 g/mol. The SMILES string of the molecule is C=CN=C/C=C(\CC)CN(C)c1ccc(N)cc1. The lowest BCUT2D eigenvalue weighted by atomic mass is 10.1. The van der Waals surface area contributed by atoms with Crippen molar-refractivity contribution in [2.45, 2.75) is 13.3 Å². The summed E-state index contributed by atoms with van der Waals surface area (Å²) in [6.07, 6.45) is 6.36. The zero-order chi connectivity index (χ0) is 13.4. The van der Waals surface area contributed by atoms with Crippen LogP contribution in [0, 0.1) is 0 Å². The van der Waals surface area contributed by atoms with E-state index in [4.69, 9.17) is 5.73 Å². The fraction of sp³-hybridized carbons (Fsp3) is 0.267. The number of likely N-dealkylation sites (N-methyl/N-ethyl adjacent to an activating group) is 1. The van der Waals surface area contributed by atoms with Gasteiger partial charge in [-0.05, 0) is 42.3 Å². The highest BCUT2D eigenvalue weighted by molar-refractivity contribution is 5.73. The van der Waals surface area contributed by atoms with Gasteiger partial charge < -0.3 is 10.6 Å². The summed E-state index contributed by atoms with van der Waals surface area (Å²) >= 11 is 0. The molecule has 0 unspecified atom stereocenters. The van der Waals surface area contributed by atoms with Gasteiger partial charge >= 0.3 is 0 Å². The van der Waals surface area contributed by atoms with Crippen LogP contribution in [0.1, 0.15) is 13.3 Å². The molecule has 0 heterocycles. The first kappa shape index (κ1) is 14.0. The lowest BCUT2D eigenvalue weighted by molar-refractivity contribution is 0.928. The van der Waals surface area contributed by atoms with Crippen molar-refractivity contribution in [3.05, 3.63) is 48.7 Å². The number of aliphatic imine (C=N–C) groups is 1. The van der Waals surface area contributed by atoms with Gasteiger partial charge in [-0.25, -0.2) is 0 Å². The van der Waals surface area contributed by atoms with E-state index in [1.165, 1.54) is 11.8 Å². The van der Waals surface area contributed by atoms with Crippen molar-refractivity contribution >= 4 is 17.6 Å². The number of hydrogen-bond donors (Lipinski definition) is 1. The molecular formula is C15H21N3. The summed E-state index contributed by atoms with van der Waals surface area (Å²) in [5, 5.41) is 0. The van der Waals surface area contributed by atoms with Gasteiger partial charge in [0, 0.05) is 37.4 Å². The molecule has 1 aromatic rings. The molecule has 0 bridgehead atoms. The average molecular weight is 243 g/mol. The van der Waals surface area contributed by atoms with Crippen molar-refractivity contribution in [1.82, 2.24) is 0 Å². The molecule has 0 saturated carbocycles. The second-order valence-electron chi connectivity index (χ2n) is 4.11. The first-order chi connectivity index (χ1) is 8.67. The Morgan fingerprint density at radius 2 is 2.06 bits per heavy atom. The third-order valence-corrected chi connectivity index (χ3v) is 2.73. The van der Waals surface area contributed by atoms with Gasteiger partial charge in [-0.15, -0.1) is 0 Å². The molecule has 1 rings (SSSR count). The van der Waals surface area contributed by atoms with Gasteiger partial charge in [0.2, 0.25) is 0 Å². The summed E-state index contributed by atoms with van der Waals surface area (Å²) in [7, 11) is 2.07. The predicted octanol–water partition coefficient (Wildman–Crippen LogP) is 3.26. The standard InChI is InChI=1S/C15H21N3/c1-4-13(10-11-17-5-2)12-18(3)15-8-6-14(16)7-9-15/h5-11H,2,4,12,16H2,1,3H3/b13-10+,17-11?. The molecule has 0 radical (unpaired) electrons. The number of hydrogen-bond acceptors (Lipinski definition) is 3. The number of nitrogens with two attached hydrogens (primary N) is 1. The van der Waals surface area contributed by atoms with E-state index in [1.807, 2.05) is 30.3 Å². The predicted molar refractivity (Wildman–Crippen MR) is 81.2 cm³/mol. The Morgan fingerprint density at radius 1 is 1.39 bits per heavy atom. The third kappa shape index (κ3) is 4.45. The maximum absolute atomic E-state index is 5.68. The Kier molecular flexibility index (Phi) is 5.71. The lowest BCUT2D eigenvalue weighted by Crippen LogP contribution is -2.20. The van der Waals surface area contributed by atoms with E-state index >= 15 is 0 Å². The molecule has 3 heteroatoms. The molecule has 0 atom stereocenters. The third-order valence-electron chi connectivity index (χ3n) is 2.73. The fourth-order valence-corrected chi connectivity index (χ4v) is 1.62. The molecule has 0 aliphatic carbocycles. The monoisotopic (exact) mass is 243 g/mol. The minimum Gasteiger partial charge on any atom is -0.399 e. The molecule has 0 spiro atoms. The van der Waals surface area contributed by atoms with E-state index in [9.17, 15) is 0 Å². The first-order valence-corrected chi connectivity index (χ1v) is 6.06. The summed E-state index contributed by atoms with van der Waals surface area (Å²) in [5.41, 5.74) is 8.94. The van der Waals surface area contributed by atoms with Crippen LogP contribution in [-0.4, -0.2) is 19.8 Å². The van der Waals surface area contributed by atoms with E-state index in [1.54, 1.807) is 6.21 Å². The second-order valence-corrected chi connectivity index (χ2v) is 4.11. The van der Waals surface area contributed by atoms with Crippen molar-refractivity contribution < 1.29 is 0 Å². The van der Waals surface area contributed by atoms with Crippen LogP contribution in [0.15, 0.2) is 53.7 Å². The number of rotatable bonds is 6. The van der Waals surface area contributed by atoms with E-state index < -0.39 is 0 Å². The zero-order valence-corrected chi connectivity index (χ0v) is 11.1. The van der Waals surface area contributed by atoms with Crippen molar-refractivity contribution in [2.24, 2.45) is 4.99 Å². The van der Waals surface area contributed by atoms with Gasteiger partial charge in [-0.2, -0.15) is 0 Å². The van der Waals surface area contributed by atoms with Gasteiger partial charge in [0.05, 0.1) is 0 Å². The summed E-state index contributed by atoms with van der Waals surface area (Å²) in [4.78, 5) is 6.17.